The summed E-state index contributed by atoms with van der Waals surface area (Å²) in [7, 11) is 0. The summed E-state index contributed by atoms with van der Waals surface area (Å²) < 4.78 is 5.39. The minimum atomic E-state index is -1.37. The molecular weight excluding hydrogens is 305 g/mol. The minimum absolute atomic E-state index is 0.332. The summed E-state index contributed by atoms with van der Waals surface area (Å²) in [6.07, 6.45) is -0.886. The van der Waals surface area contributed by atoms with Crippen molar-refractivity contribution in [2.45, 2.75) is 32.4 Å². The second kappa shape index (κ2) is 6.33. The van der Waals surface area contributed by atoms with Gasteiger partial charge in [-0.15, -0.1) is 0 Å². The van der Waals surface area contributed by atoms with E-state index in [-0.39, 0.29) is 0 Å². The highest BCUT2D eigenvalue weighted by Crippen LogP contribution is 2.25. The van der Waals surface area contributed by atoms with Crippen LogP contribution >= 0.6 is 23.2 Å². The van der Waals surface area contributed by atoms with Gasteiger partial charge in [0.1, 0.15) is 11.3 Å². The zero-order valence-corrected chi connectivity index (χ0v) is 12.7. The molecule has 1 unspecified atom stereocenters. The van der Waals surface area contributed by atoms with E-state index in [1.165, 1.54) is 39.0 Å². The van der Waals surface area contributed by atoms with Crippen molar-refractivity contribution in [2.75, 3.05) is 0 Å². The first-order valence-corrected chi connectivity index (χ1v) is 6.55. The molecule has 0 aliphatic heterocycles. The third-order valence-corrected chi connectivity index (χ3v) is 2.92. The Balaban J connectivity index is 2.73. The van der Waals surface area contributed by atoms with Crippen molar-refractivity contribution in [1.82, 2.24) is 5.32 Å². The highest BCUT2D eigenvalue weighted by Gasteiger charge is 2.31. The maximum atomic E-state index is 11.9. The second-order valence-electron chi connectivity index (χ2n) is 4.78. The Morgan fingerprint density at radius 3 is 2.20 bits per heavy atom. The van der Waals surface area contributed by atoms with Crippen LogP contribution in [0.1, 0.15) is 20.8 Å². The topological polar surface area (TPSA) is 75.6 Å². The molecule has 1 rings (SSSR count). The predicted octanol–water partition coefficient (Wildman–Crippen LogP) is 2.74. The van der Waals surface area contributed by atoms with E-state index in [0.717, 1.165) is 0 Å². The lowest BCUT2D eigenvalue weighted by Crippen LogP contribution is -2.53. The molecule has 2 N–H and O–H groups in total. The lowest BCUT2D eigenvalue weighted by molar-refractivity contribution is -0.147. The van der Waals surface area contributed by atoms with Crippen molar-refractivity contribution >= 4 is 35.1 Å². The summed E-state index contributed by atoms with van der Waals surface area (Å²) in [6.45, 7) is 4.27. The van der Waals surface area contributed by atoms with Gasteiger partial charge >= 0.3 is 5.97 Å². The van der Waals surface area contributed by atoms with Gasteiger partial charge in [-0.05, 0) is 39.0 Å². The molecule has 1 atom stereocenters. The molecule has 0 spiro atoms. The van der Waals surface area contributed by atoms with Crippen LogP contribution in [0.2, 0.25) is 10.0 Å². The molecule has 0 saturated carbocycles. The number of benzene rings is 1. The van der Waals surface area contributed by atoms with Gasteiger partial charge in [0.15, 0.2) is 6.10 Å². The van der Waals surface area contributed by atoms with E-state index >= 15 is 0 Å². The number of aliphatic carboxylic acids is 1. The van der Waals surface area contributed by atoms with E-state index in [1.807, 2.05) is 0 Å². The number of carboxylic acid groups (broad SMARTS) is 1. The first-order chi connectivity index (χ1) is 9.11. The summed E-state index contributed by atoms with van der Waals surface area (Å²) in [5.41, 5.74) is -1.37. The fourth-order valence-electron chi connectivity index (χ4n) is 1.32. The number of nitrogens with one attached hydrogen (secondary N) is 1. The van der Waals surface area contributed by atoms with Gasteiger partial charge in [0.05, 0.1) is 0 Å². The van der Waals surface area contributed by atoms with Crippen molar-refractivity contribution in [1.29, 1.82) is 0 Å². The van der Waals surface area contributed by atoms with E-state index in [0.29, 0.717) is 15.8 Å². The Kier molecular flexibility index (Phi) is 5.25. The minimum Gasteiger partial charge on any atom is -0.481 e. The number of ether oxygens (including phenoxy) is 1. The number of carboxylic acids is 1. The first kappa shape index (κ1) is 16.6. The number of amides is 1. The SMILES string of the molecule is CC(Oc1cc(Cl)cc(Cl)c1)C(=O)NC(C)(C)C(=O)O. The smallest absolute Gasteiger partial charge is 0.328 e. The number of hydrogen-bond acceptors (Lipinski definition) is 3. The van der Waals surface area contributed by atoms with Gasteiger partial charge in [-0.2, -0.15) is 0 Å². The monoisotopic (exact) mass is 319 g/mol. The van der Waals surface area contributed by atoms with Crippen LogP contribution in [-0.4, -0.2) is 28.6 Å². The van der Waals surface area contributed by atoms with Crippen LogP contribution in [-0.2, 0) is 9.59 Å². The quantitative estimate of drug-likeness (QED) is 0.875. The average molecular weight is 320 g/mol. The normalized spacial score (nSPS) is 12.7. The number of halogens is 2. The molecule has 0 fully saturated rings. The van der Waals surface area contributed by atoms with E-state index in [9.17, 15) is 9.59 Å². The maximum absolute atomic E-state index is 11.9. The van der Waals surface area contributed by atoms with Crippen LogP contribution in [0.15, 0.2) is 18.2 Å². The van der Waals surface area contributed by atoms with Gasteiger partial charge in [0.2, 0.25) is 0 Å². The Morgan fingerprint density at radius 2 is 1.75 bits per heavy atom. The van der Waals surface area contributed by atoms with Crippen molar-refractivity contribution in [3.63, 3.8) is 0 Å². The number of carbonyl (C=O) groups excluding carboxylic acids is 1. The van der Waals surface area contributed by atoms with E-state index in [2.05, 4.69) is 5.32 Å². The fraction of sp³-hybridized carbons (Fsp3) is 0.385. The van der Waals surface area contributed by atoms with E-state index in [1.54, 1.807) is 0 Å². The van der Waals surface area contributed by atoms with Gasteiger partial charge in [-0.25, -0.2) is 4.79 Å². The molecule has 110 valence electrons. The van der Waals surface area contributed by atoms with E-state index in [4.69, 9.17) is 33.0 Å². The Hall–Kier alpha value is -1.46. The van der Waals surface area contributed by atoms with Gasteiger partial charge in [-0.3, -0.25) is 4.79 Å². The molecule has 0 aliphatic rings. The van der Waals surface area contributed by atoms with Crippen molar-refractivity contribution in [3.05, 3.63) is 28.2 Å². The molecule has 20 heavy (non-hydrogen) atoms. The molecule has 0 heterocycles. The van der Waals surface area contributed by atoms with Gasteiger partial charge in [0, 0.05) is 10.0 Å². The van der Waals surface area contributed by atoms with Gasteiger partial charge < -0.3 is 15.2 Å². The van der Waals surface area contributed by atoms with Crippen LogP contribution in [0.25, 0.3) is 0 Å². The molecule has 0 aliphatic carbocycles. The largest absolute Gasteiger partial charge is 0.481 e. The second-order valence-corrected chi connectivity index (χ2v) is 5.66. The molecule has 0 saturated heterocycles. The third-order valence-electron chi connectivity index (χ3n) is 2.49. The van der Waals surface area contributed by atoms with Crippen LogP contribution in [0.5, 0.6) is 5.75 Å². The summed E-state index contributed by atoms with van der Waals surface area (Å²) in [5.74, 6) is -1.35. The van der Waals surface area contributed by atoms with Crippen LogP contribution in [0, 0.1) is 0 Å². The van der Waals surface area contributed by atoms with Crippen molar-refractivity contribution in [3.8, 4) is 5.75 Å². The zero-order valence-electron chi connectivity index (χ0n) is 11.2. The molecule has 0 bridgehead atoms. The standard InChI is InChI=1S/C13H15Cl2NO4/c1-7(11(17)16-13(2,3)12(18)19)20-10-5-8(14)4-9(15)6-10/h4-7H,1-3H3,(H,16,17)(H,18,19). The van der Waals surface area contributed by atoms with Gasteiger partial charge in [-0.1, -0.05) is 23.2 Å². The highest BCUT2D eigenvalue weighted by atomic mass is 35.5. The van der Waals surface area contributed by atoms with Crippen LogP contribution in [0.4, 0.5) is 0 Å². The molecule has 1 aromatic carbocycles. The lowest BCUT2D eigenvalue weighted by Gasteiger charge is -2.23. The average Bonchev–Trinajstić information content (AvgIpc) is 2.26. The predicted molar refractivity (Wildman–Crippen MR) is 76.4 cm³/mol. The van der Waals surface area contributed by atoms with Crippen molar-refractivity contribution in [2.24, 2.45) is 0 Å². The number of rotatable bonds is 5. The van der Waals surface area contributed by atoms with Gasteiger partial charge in [0.25, 0.3) is 5.91 Å². The van der Waals surface area contributed by atoms with Crippen LogP contribution in [0.3, 0.4) is 0 Å². The first-order valence-electron chi connectivity index (χ1n) is 5.80. The highest BCUT2D eigenvalue weighted by molar-refractivity contribution is 6.34. The molecule has 0 aromatic heterocycles. The summed E-state index contributed by atoms with van der Waals surface area (Å²) >= 11 is 11.6. The van der Waals surface area contributed by atoms with Crippen LogP contribution < -0.4 is 10.1 Å². The fourth-order valence-corrected chi connectivity index (χ4v) is 1.82. The van der Waals surface area contributed by atoms with Crippen molar-refractivity contribution < 1.29 is 19.4 Å². The molecule has 1 amide bonds. The Morgan fingerprint density at radius 1 is 1.25 bits per heavy atom. The number of hydrogen-bond donors (Lipinski definition) is 2. The summed E-state index contributed by atoms with van der Waals surface area (Å²) in [4.78, 5) is 22.8. The zero-order chi connectivity index (χ0) is 15.5. The molecular formula is C13H15Cl2NO4. The summed E-state index contributed by atoms with van der Waals surface area (Å²) in [6, 6.07) is 4.56. The summed E-state index contributed by atoms with van der Waals surface area (Å²) in [5, 5.41) is 12.1. The third kappa shape index (κ3) is 4.58. The van der Waals surface area contributed by atoms with E-state index < -0.39 is 23.5 Å². The maximum Gasteiger partial charge on any atom is 0.328 e. The molecule has 1 aromatic rings. The number of carbonyl (C=O) groups is 2. The Bertz CT molecular complexity index is 511. The molecule has 7 heteroatoms. The lowest BCUT2D eigenvalue weighted by atomic mass is 10.1. The molecule has 5 nitrogen and oxygen atoms in total. The Labute approximate surface area is 126 Å². The molecule has 0 radical (unpaired) electrons.